The van der Waals surface area contributed by atoms with Crippen LogP contribution >= 0.6 is 22.9 Å². The van der Waals surface area contributed by atoms with Gasteiger partial charge < -0.3 is 10.2 Å². The number of hydrogen-bond donors (Lipinski definition) is 1. The van der Waals surface area contributed by atoms with E-state index in [9.17, 15) is 0 Å². The predicted molar refractivity (Wildman–Crippen MR) is 80.4 cm³/mol. The molecule has 0 fully saturated rings. The summed E-state index contributed by atoms with van der Waals surface area (Å²) in [5.41, 5.74) is 0. The summed E-state index contributed by atoms with van der Waals surface area (Å²) in [5, 5.41) is 4.55. The van der Waals surface area contributed by atoms with Crippen molar-refractivity contribution in [2.24, 2.45) is 5.92 Å². The first-order valence-corrected chi connectivity index (χ1v) is 7.75. The van der Waals surface area contributed by atoms with E-state index in [4.69, 9.17) is 11.6 Å². The van der Waals surface area contributed by atoms with Crippen molar-refractivity contribution in [1.82, 2.24) is 15.2 Å². The molecule has 5 heteroatoms. The second kappa shape index (κ2) is 8.10. The highest BCUT2D eigenvalue weighted by atomic mass is 35.5. The molecule has 0 amide bonds. The lowest BCUT2D eigenvalue weighted by molar-refractivity contribution is 0.194. The Hall–Kier alpha value is -0.160. The van der Waals surface area contributed by atoms with E-state index < -0.39 is 0 Å². The molecule has 0 saturated carbocycles. The van der Waals surface area contributed by atoms with Gasteiger partial charge in [-0.15, -0.1) is 11.3 Å². The monoisotopic (exact) mass is 289 g/mol. The molecule has 0 aliphatic heterocycles. The van der Waals surface area contributed by atoms with Gasteiger partial charge in [-0.3, -0.25) is 0 Å². The van der Waals surface area contributed by atoms with Crippen LogP contribution in [0.15, 0.2) is 6.20 Å². The molecule has 0 aliphatic rings. The molecule has 3 nitrogen and oxygen atoms in total. The van der Waals surface area contributed by atoms with Crippen LogP contribution in [0.1, 0.15) is 31.7 Å². The van der Waals surface area contributed by atoms with E-state index in [0.717, 1.165) is 28.4 Å². The summed E-state index contributed by atoms with van der Waals surface area (Å²) in [7, 11) is 4.32. The van der Waals surface area contributed by atoms with E-state index in [1.54, 1.807) is 17.5 Å². The van der Waals surface area contributed by atoms with Crippen LogP contribution in [0.3, 0.4) is 0 Å². The summed E-state index contributed by atoms with van der Waals surface area (Å²) in [6.07, 6.45) is 4.17. The van der Waals surface area contributed by atoms with E-state index >= 15 is 0 Å². The van der Waals surface area contributed by atoms with Gasteiger partial charge in [-0.25, -0.2) is 4.98 Å². The van der Waals surface area contributed by atoms with Gasteiger partial charge in [0.15, 0.2) is 0 Å². The van der Waals surface area contributed by atoms with Crippen molar-refractivity contribution in [3.05, 3.63) is 15.5 Å². The molecular weight excluding hydrogens is 266 g/mol. The van der Waals surface area contributed by atoms with Crippen molar-refractivity contribution < 1.29 is 0 Å². The van der Waals surface area contributed by atoms with Crippen molar-refractivity contribution in [2.45, 2.75) is 39.3 Å². The highest BCUT2D eigenvalue weighted by molar-refractivity contribution is 7.15. The molecule has 1 aromatic rings. The minimum Gasteiger partial charge on any atom is -0.309 e. The van der Waals surface area contributed by atoms with Crippen LogP contribution in [-0.2, 0) is 6.54 Å². The van der Waals surface area contributed by atoms with Gasteiger partial charge in [0.1, 0.15) is 9.34 Å². The standard InChI is InChI=1S/C13H24ClN3S/c1-5-10(6-2)11(17(3)4)7-15-9-13-16-8-12(14)18-13/h8,10-11,15H,5-7,9H2,1-4H3. The molecule has 0 bridgehead atoms. The zero-order valence-electron chi connectivity index (χ0n) is 11.7. The maximum Gasteiger partial charge on any atom is 0.113 e. The molecule has 104 valence electrons. The number of nitrogens with zero attached hydrogens (tertiary/aromatic N) is 2. The van der Waals surface area contributed by atoms with E-state index in [1.165, 1.54) is 12.8 Å². The van der Waals surface area contributed by atoms with Crippen LogP contribution in [0, 0.1) is 5.92 Å². The summed E-state index contributed by atoms with van der Waals surface area (Å²) in [6.45, 7) is 6.34. The highest BCUT2D eigenvalue weighted by Gasteiger charge is 2.20. The van der Waals surface area contributed by atoms with Crippen molar-refractivity contribution in [1.29, 1.82) is 0 Å². The van der Waals surface area contributed by atoms with Crippen LogP contribution < -0.4 is 5.32 Å². The van der Waals surface area contributed by atoms with Gasteiger partial charge in [0.2, 0.25) is 0 Å². The Morgan fingerprint density at radius 3 is 2.50 bits per heavy atom. The van der Waals surface area contributed by atoms with Gasteiger partial charge >= 0.3 is 0 Å². The first-order valence-electron chi connectivity index (χ1n) is 6.55. The quantitative estimate of drug-likeness (QED) is 0.796. The maximum absolute atomic E-state index is 5.87. The van der Waals surface area contributed by atoms with Crippen LogP contribution in [-0.4, -0.2) is 36.6 Å². The molecule has 18 heavy (non-hydrogen) atoms. The van der Waals surface area contributed by atoms with Crippen molar-refractivity contribution in [2.75, 3.05) is 20.6 Å². The van der Waals surface area contributed by atoms with Gasteiger partial charge in [0.25, 0.3) is 0 Å². The zero-order valence-corrected chi connectivity index (χ0v) is 13.3. The second-order valence-corrected chi connectivity index (χ2v) is 6.54. The second-order valence-electron chi connectivity index (χ2n) is 4.80. The van der Waals surface area contributed by atoms with Crippen LogP contribution in [0.5, 0.6) is 0 Å². The minimum atomic E-state index is 0.579. The molecule has 1 aromatic heterocycles. The fourth-order valence-corrected chi connectivity index (χ4v) is 3.23. The third kappa shape index (κ3) is 4.84. The molecule has 1 unspecified atom stereocenters. The third-order valence-electron chi connectivity index (χ3n) is 3.41. The smallest absolute Gasteiger partial charge is 0.113 e. The Kier molecular flexibility index (Phi) is 7.15. The van der Waals surface area contributed by atoms with Crippen molar-refractivity contribution in [3.8, 4) is 0 Å². The molecule has 1 rings (SSSR count). The molecule has 0 spiro atoms. The minimum absolute atomic E-state index is 0.579. The largest absolute Gasteiger partial charge is 0.309 e. The number of nitrogens with one attached hydrogen (secondary N) is 1. The number of rotatable bonds is 8. The topological polar surface area (TPSA) is 28.2 Å². The number of likely N-dealkylation sites (N-methyl/N-ethyl adjacent to an activating group) is 1. The molecule has 1 N–H and O–H groups in total. The number of hydrogen-bond acceptors (Lipinski definition) is 4. The van der Waals surface area contributed by atoms with Crippen molar-refractivity contribution in [3.63, 3.8) is 0 Å². The normalized spacial score (nSPS) is 13.5. The Morgan fingerprint density at radius 2 is 2.06 bits per heavy atom. The molecule has 0 aromatic carbocycles. The van der Waals surface area contributed by atoms with Crippen LogP contribution in [0.2, 0.25) is 4.34 Å². The Labute approximate surface area is 120 Å². The van der Waals surface area contributed by atoms with Crippen LogP contribution in [0.25, 0.3) is 0 Å². The lowest BCUT2D eigenvalue weighted by atomic mass is 9.93. The molecular formula is C13H24ClN3S. The van der Waals surface area contributed by atoms with E-state index in [2.05, 4.69) is 43.1 Å². The van der Waals surface area contributed by atoms with Gasteiger partial charge in [0.05, 0.1) is 6.20 Å². The van der Waals surface area contributed by atoms with Crippen molar-refractivity contribution >= 4 is 22.9 Å². The molecule has 1 heterocycles. The van der Waals surface area contributed by atoms with E-state index in [-0.39, 0.29) is 0 Å². The molecule has 0 radical (unpaired) electrons. The number of halogens is 1. The maximum atomic E-state index is 5.87. The average Bonchev–Trinajstić information content (AvgIpc) is 2.74. The fourth-order valence-electron chi connectivity index (χ4n) is 2.30. The Morgan fingerprint density at radius 1 is 1.39 bits per heavy atom. The summed E-state index contributed by atoms with van der Waals surface area (Å²) < 4.78 is 0.760. The first kappa shape index (κ1) is 15.9. The van der Waals surface area contributed by atoms with Gasteiger partial charge in [-0.1, -0.05) is 38.3 Å². The zero-order chi connectivity index (χ0) is 13.5. The summed E-state index contributed by atoms with van der Waals surface area (Å²) in [6, 6.07) is 0.579. The Balaban J connectivity index is 2.42. The summed E-state index contributed by atoms with van der Waals surface area (Å²) in [4.78, 5) is 6.57. The first-order chi connectivity index (χ1) is 8.58. The summed E-state index contributed by atoms with van der Waals surface area (Å²) >= 11 is 7.41. The third-order valence-corrected chi connectivity index (χ3v) is 4.53. The highest BCUT2D eigenvalue weighted by Crippen LogP contribution is 2.19. The predicted octanol–water partition coefficient (Wildman–Crippen LogP) is 3.25. The lowest BCUT2D eigenvalue weighted by Gasteiger charge is -2.31. The lowest BCUT2D eigenvalue weighted by Crippen LogP contribution is -2.42. The fraction of sp³-hybridized carbons (Fsp3) is 0.769. The number of thiazole rings is 1. The van der Waals surface area contributed by atoms with E-state index in [1.807, 2.05) is 0 Å². The molecule has 0 saturated heterocycles. The molecule has 1 atom stereocenters. The SMILES string of the molecule is CCC(CC)C(CNCc1ncc(Cl)s1)N(C)C. The van der Waals surface area contributed by atoms with Gasteiger partial charge in [-0.05, 0) is 20.0 Å². The number of aromatic nitrogens is 1. The van der Waals surface area contributed by atoms with Crippen LogP contribution in [0.4, 0.5) is 0 Å². The Bertz CT molecular complexity index is 337. The van der Waals surface area contributed by atoms with Gasteiger partial charge in [0, 0.05) is 19.1 Å². The molecule has 0 aliphatic carbocycles. The average molecular weight is 290 g/mol. The summed E-state index contributed by atoms with van der Waals surface area (Å²) in [5.74, 6) is 0.743. The van der Waals surface area contributed by atoms with Gasteiger partial charge in [-0.2, -0.15) is 0 Å². The van der Waals surface area contributed by atoms with E-state index in [0.29, 0.717) is 6.04 Å².